The first kappa shape index (κ1) is 14.3. The van der Waals surface area contributed by atoms with Crippen LogP contribution in [0.4, 0.5) is 5.00 Å². The van der Waals surface area contributed by atoms with Gasteiger partial charge in [-0.05, 0) is 42.4 Å². The van der Waals surface area contributed by atoms with Gasteiger partial charge < -0.3 is 5.32 Å². The highest BCUT2D eigenvalue weighted by molar-refractivity contribution is 7.16. The number of nitrogens with zero attached hydrogens (tertiary/aromatic N) is 1. The summed E-state index contributed by atoms with van der Waals surface area (Å²) in [5, 5.41) is 5.85. The first-order valence-electron chi connectivity index (χ1n) is 7.74. The fourth-order valence-corrected chi connectivity index (χ4v) is 3.47. The summed E-state index contributed by atoms with van der Waals surface area (Å²) in [7, 11) is 0. The first-order valence-corrected chi connectivity index (χ1v) is 8.55. The Morgan fingerprint density at radius 1 is 1.14 bits per heavy atom. The minimum atomic E-state index is 0.587. The SMILES string of the molecule is CC(C)c1ccc(C=Cc2nc3c(s2)NCCCC3)cc1. The van der Waals surface area contributed by atoms with Crippen molar-refractivity contribution >= 4 is 28.5 Å². The third-order valence-electron chi connectivity index (χ3n) is 3.86. The van der Waals surface area contributed by atoms with E-state index in [0.717, 1.165) is 18.0 Å². The smallest absolute Gasteiger partial charge is 0.118 e. The van der Waals surface area contributed by atoms with Gasteiger partial charge in [-0.25, -0.2) is 4.98 Å². The molecule has 2 nitrogen and oxygen atoms in total. The summed E-state index contributed by atoms with van der Waals surface area (Å²) in [5.41, 5.74) is 3.86. The summed E-state index contributed by atoms with van der Waals surface area (Å²) < 4.78 is 0. The summed E-state index contributed by atoms with van der Waals surface area (Å²) in [4.78, 5) is 4.74. The number of aromatic nitrogens is 1. The van der Waals surface area contributed by atoms with E-state index in [0.29, 0.717) is 5.92 Å². The van der Waals surface area contributed by atoms with E-state index in [9.17, 15) is 0 Å². The normalized spacial score (nSPS) is 15.0. The van der Waals surface area contributed by atoms with Gasteiger partial charge in [-0.3, -0.25) is 0 Å². The number of nitrogens with one attached hydrogen (secondary N) is 1. The highest BCUT2D eigenvalue weighted by Crippen LogP contribution is 2.29. The molecule has 1 aliphatic rings. The Bertz CT molecular complexity index is 600. The molecular formula is C18H22N2S. The number of hydrogen-bond donors (Lipinski definition) is 1. The molecule has 1 aromatic carbocycles. The Balaban J connectivity index is 1.73. The maximum Gasteiger partial charge on any atom is 0.118 e. The van der Waals surface area contributed by atoms with Crippen LogP contribution in [0.1, 0.15) is 54.4 Å². The van der Waals surface area contributed by atoms with Crippen molar-refractivity contribution in [2.24, 2.45) is 0 Å². The predicted molar refractivity (Wildman–Crippen MR) is 93.0 cm³/mol. The van der Waals surface area contributed by atoms with Crippen LogP contribution in [0, 0.1) is 0 Å². The van der Waals surface area contributed by atoms with Crippen molar-refractivity contribution in [2.75, 3.05) is 11.9 Å². The van der Waals surface area contributed by atoms with E-state index >= 15 is 0 Å². The molecule has 0 fully saturated rings. The minimum absolute atomic E-state index is 0.587. The highest BCUT2D eigenvalue weighted by Gasteiger charge is 2.12. The molecule has 3 heteroatoms. The largest absolute Gasteiger partial charge is 0.375 e. The molecule has 110 valence electrons. The van der Waals surface area contributed by atoms with Crippen molar-refractivity contribution in [1.82, 2.24) is 4.98 Å². The van der Waals surface area contributed by atoms with Gasteiger partial charge in [0.1, 0.15) is 10.0 Å². The molecule has 0 radical (unpaired) electrons. The summed E-state index contributed by atoms with van der Waals surface area (Å²) in [6.45, 7) is 5.52. The van der Waals surface area contributed by atoms with E-state index in [2.05, 4.69) is 55.6 Å². The second kappa shape index (κ2) is 6.44. The third kappa shape index (κ3) is 3.53. The van der Waals surface area contributed by atoms with Crippen LogP contribution < -0.4 is 5.32 Å². The zero-order valence-corrected chi connectivity index (χ0v) is 13.5. The molecule has 0 saturated carbocycles. The van der Waals surface area contributed by atoms with Crippen LogP contribution in [0.15, 0.2) is 24.3 Å². The van der Waals surface area contributed by atoms with E-state index in [1.807, 2.05) is 0 Å². The highest BCUT2D eigenvalue weighted by atomic mass is 32.1. The lowest BCUT2D eigenvalue weighted by Crippen LogP contribution is -1.96. The molecule has 0 saturated heterocycles. The maximum atomic E-state index is 4.74. The molecule has 0 spiro atoms. The molecule has 21 heavy (non-hydrogen) atoms. The molecule has 2 aromatic rings. The quantitative estimate of drug-likeness (QED) is 0.844. The van der Waals surface area contributed by atoms with E-state index in [1.54, 1.807) is 11.3 Å². The van der Waals surface area contributed by atoms with Crippen LogP contribution in [0.2, 0.25) is 0 Å². The molecule has 0 aliphatic carbocycles. The average molecular weight is 298 g/mol. The lowest BCUT2D eigenvalue weighted by atomic mass is 10.0. The lowest BCUT2D eigenvalue weighted by Gasteiger charge is -2.04. The topological polar surface area (TPSA) is 24.9 Å². The van der Waals surface area contributed by atoms with Crippen LogP contribution in [0.25, 0.3) is 12.2 Å². The van der Waals surface area contributed by atoms with Crippen LogP contribution in [0.3, 0.4) is 0 Å². The molecule has 3 rings (SSSR count). The minimum Gasteiger partial charge on any atom is -0.375 e. The first-order chi connectivity index (χ1) is 10.2. The summed E-state index contributed by atoms with van der Waals surface area (Å²) >= 11 is 1.77. The van der Waals surface area contributed by atoms with E-state index in [-0.39, 0.29) is 0 Å². The molecule has 2 heterocycles. The Labute approximate surface area is 130 Å². The van der Waals surface area contributed by atoms with Gasteiger partial charge in [-0.1, -0.05) is 55.5 Å². The zero-order valence-electron chi connectivity index (χ0n) is 12.7. The number of aryl methyl sites for hydroxylation is 1. The number of fused-ring (bicyclic) bond motifs is 1. The van der Waals surface area contributed by atoms with Gasteiger partial charge in [0.2, 0.25) is 0 Å². The maximum absolute atomic E-state index is 4.74. The predicted octanol–water partition coefficient (Wildman–Crippen LogP) is 5.19. The monoisotopic (exact) mass is 298 g/mol. The average Bonchev–Trinajstić information content (AvgIpc) is 2.75. The number of anilines is 1. The van der Waals surface area contributed by atoms with Gasteiger partial charge in [0.15, 0.2) is 0 Å². The molecule has 1 aliphatic heterocycles. The van der Waals surface area contributed by atoms with Gasteiger partial charge in [-0.2, -0.15) is 0 Å². The molecular weight excluding hydrogens is 276 g/mol. The number of hydrogen-bond acceptors (Lipinski definition) is 3. The number of rotatable bonds is 3. The van der Waals surface area contributed by atoms with Crippen LogP contribution in [-0.2, 0) is 6.42 Å². The third-order valence-corrected chi connectivity index (χ3v) is 4.88. The molecule has 0 amide bonds. The van der Waals surface area contributed by atoms with Gasteiger partial charge in [0, 0.05) is 6.54 Å². The van der Waals surface area contributed by atoms with Gasteiger partial charge in [0.25, 0.3) is 0 Å². The van der Waals surface area contributed by atoms with Crippen LogP contribution in [0.5, 0.6) is 0 Å². The molecule has 0 bridgehead atoms. The van der Waals surface area contributed by atoms with E-state index in [1.165, 1.54) is 34.7 Å². The summed E-state index contributed by atoms with van der Waals surface area (Å²) in [6, 6.07) is 8.79. The van der Waals surface area contributed by atoms with Crippen molar-refractivity contribution in [3.8, 4) is 0 Å². The van der Waals surface area contributed by atoms with Crippen molar-refractivity contribution in [2.45, 2.75) is 39.0 Å². The zero-order chi connectivity index (χ0) is 14.7. The standard InChI is InChI=1S/C18H22N2S/c1-13(2)15-9-6-14(7-10-15)8-11-17-20-16-5-3-4-12-19-18(16)21-17/h6-11,13,19H,3-5,12H2,1-2H3. The Hall–Kier alpha value is -1.61. The van der Waals surface area contributed by atoms with Crippen molar-refractivity contribution < 1.29 is 0 Å². The van der Waals surface area contributed by atoms with Crippen LogP contribution in [-0.4, -0.2) is 11.5 Å². The van der Waals surface area contributed by atoms with Gasteiger partial charge in [0.05, 0.1) is 5.69 Å². The van der Waals surface area contributed by atoms with E-state index in [4.69, 9.17) is 4.98 Å². The van der Waals surface area contributed by atoms with Crippen molar-refractivity contribution in [3.63, 3.8) is 0 Å². The second-order valence-electron chi connectivity index (χ2n) is 5.87. The van der Waals surface area contributed by atoms with Crippen molar-refractivity contribution in [1.29, 1.82) is 0 Å². The van der Waals surface area contributed by atoms with Crippen molar-refractivity contribution in [3.05, 3.63) is 46.1 Å². The van der Waals surface area contributed by atoms with Gasteiger partial charge in [-0.15, -0.1) is 0 Å². The summed E-state index contributed by atoms with van der Waals surface area (Å²) in [6.07, 6.45) is 7.88. The second-order valence-corrected chi connectivity index (χ2v) is 6.90. The Morgan fingerprint density at radius 2 is 1.95 bits per heavy atom. The molecule has 1 aromatic heterocycles. The lowest BCUT2D eigenvalue weighted by molar-refractivity contribution is 0.774. The number of thiazole rings is 1. The Morgan fingerprint density at radius 3 is 2.71 bits per heavy atom. The fraction of sp³-hybridized carbons (Fsp3) is 0.389. The fourth-order valence-electron chi connectivity index (χ4n) is 2.53. The number of benzene rings is 1. The van der Waals surface area contributed by atoms with Crippen LogP contribution >= 0.6 is 11.3 Å². The Kier molecular flexibility index (Phi) is 4.39. The molecule has 1 N–H and O–H groups in total. The van der Waals surface area contributed by atoms with Gasteiger partial charge >= 0.3 is 0 Å². The summed E-state index contributed by atoms with van der Waals surface area (Å²) in [5.74, 6) is 0.587. The molecule has 0 unspecified atom stereocenters. The van der Waals surface area contributed by atoms with E-state index < -0.39 is 0 Å². The molecule has 0 atom stereocenters.